The molecule has 2 aromatic heterocycles. The molecule has 1 atom stereocenters. The molecule has 3 aromatic rings. The second kappa shape index (κ2) is 9.79. The van der Waals surface area contributed by atoms with Gasteiger partial charge in [-0.15, -0.1) is 0 Å². The number of aromatic nitrogens is 3. The lowest BCUT2D eigenvalue weighted by Gasteiger charge is -2.16. The molecule has 0 bridgehead atoms. The molecule has 1 N–H and O–H groups in total. The first-order chi connectivity index (χ1) is 15.1. The van der Waals surface area contributed by atoms with Crippen molar-refractivity contribution in [2.45, 2.75) is 18.1 Å². The third kappa shape index (κ3) is 6.28. The lowest BCUT2D eigenvalue weighted by molar-refractivity contribution is 0.0915. The summed E-state index contributed by atoms with van der Waals surface area (Å²) in [5, 5.41) is 6.79. The second-order valence-electron chi connectivity index (χ2n) is 7.11. The fourth-order valence-corrected chi connectivity index (χ4v) is 3.34. The molecule has 10 nitrogen and oxygen atoms in total. The normalized spacial score (nSPS) is 12.2. The van der Waals surface area contributed by atoms with Crippen molar-refractivity contribution in [1.29, 1.82) is 0 Å². The van der Waals surface area contributed by atoms with Crippen molar-refractivity contribution >= 4 is 21.6 Å². The standard InChI is InChI=1S/C21H24N4O6S/c1-14(13-29-3)30-17-9-15(21(26)23-19-7-8-25(2)24-19)10-18(11-17)31-16-5-6-20(22-12-16)32(4,27)28/h5-12,14H,13H2,1-4H3,(H,23,24,26). The molecule has 0 fully saturated rings. The van der Waals surface area contributed by atoms with Crippen molar-refractivity contribution in [3.8, 4) is 17.2 Å². The molecule has 0 saturated heterocycles. The van der Waals surface area contributed by atoms with Gasteiger partial charge in [-0.05, 0) is 31.2 Å². The fourth-order valence-electron chi connectivity index (χ4n) is 2.78. The number of nitrogens with one attached hydrogen (secondary N) is 1. The van der Waals surface area contributed by atoms with Crippen LogP contribution in [0.3, 0.4) is 0 Å². The number of methoxy groups -OCH3 is 1. The third-order valence-corrected chi connectivity index (χ3v) is 5.16. The van der Waals surface area contributed by atoms with Gasteiger partial charge >= 0.3 is 0 Å². The van der Waals surface area contributed by atoms with E-state index in [-0.39, 0.29) is 16.7 Å². The number of hydrogen-bond acceptors (Lipinski definition) is 8. The van der Waals surface area contributed by atoms with Gasteiger partial charge in [0.25, 0.3) is 5.91 Å². The Bertz CT molecular complexity index is 1190. The van der Waals surface area contributed by atoms with E-state index in [9.17, 15) is 13.2 Å². The molecule has 0 aliphatic rings. The maximum atomic E-state index is 12.8. The van der Waals surface area contributed by atoms with Gasteiger partial charge in [0, 0.05) is 44.3 Å². The van der Waals surface area contributed by atoms with Crippen LogP contribution in [-0.2, 0) is 21.6 Å². The van der Waals surface area contributed by atoms with E-state index >= 15 is 0 Å². The minimum absolute atomic E-state index is 0.0641. The van der Waals surface area contributed by atoms with Gasteiger partial charge in [-0.25, -0.2) is 13.4 Å². The number of carbonyl (C=O) groups is 1. The van der Waals surface area contributed by atoms with E-state index in [4.69, 9.17) is 14.2 Å². The van der Waals surface area contributed by atoms with Crippen LogP contribution in [0.1, 0.15) is 17.3 Å². The number of rotatable bonds is 9. The number of nitrogens with zero attached hydrogens (tertiary/aromatic N) is 3. The smallest absolute Gasteiger partial charge is 0.257 e. The lowest BCUT2D eigenvalue weighted by atomic mass is 10.2. The Hall–Kier alpha value is -3.44. The molecule has 170 valence electrons. The topological polar surface area (TPSA) is 122 Å². The summed E-state index contributed by atoms with van der Waals surface area (Å²) in [7, 11) is -0.109. The summed E-state index contributed by atoms with van der Waals surface area (Å²) in [4.78, 5) is 16.7. The number of aryl methyl sites for hydroxylation is 1. The zero-order valence-corrected chi connectivity index (χ0v) is 18.9. The Morgan fingerprint density at radius 1 is 1.16 bits per heavy atom. The van der Waals surface area contributed by atoms with Gasteiger partial charge in [-0.2, -0.15) is 5.10 Å². The maximum Gasteiger partial charge on any atom is 0.257 e. The number of anilines is 1. The molecule has 0 aliphatic carbocycles. The first kappa shape index (κ1) is 23.2. The predicted molar refractivity (Wildman–Crippen MR) is 117 cm³/mol. The average Bonchev–Trinajstić information content (AvgIpc) is 3.12. The summed E-state index contributed by atoms with van der Waals surface area (Å²) in [6.45, 7) is 2.19. The van der Waals surface area contributed by atoms with Crippen molar-refractivity contribution in [1.82, 2.24) is 14.8 Å². The van der Waals surface area contributed by atoms with E-state index in [1.807, 2.05) is 6.92 Å². The van der Waals surface area contributed by atoms with E-state index in [1.54, 1.807) is 43.2 Å². The number of benzene rings is 1. The number of amides is 1. The van der Waals surface area contributed by atoms with Crippen LogP contribution in [0, 0.1) is 0 Å². The highest BCUT2D eigenvalue weighted by Gasteiger charge is 2.15. The van der Waals surface area contributed by atoms with E-state index in [0.717, 1.165) is 6.26 Å². The second-order valence-corrected chi connectivity index (χ2v) is 9.07. The summed E-state index contributed by atoms with van der Waals surface area (Å²) in [5.41, 5.74) is 0.286. The zero-order chi connectivity index (χ0) is 23.3. The molecule has 0 aliphatic heterocycles. The van der Waals surface area contributed by atoms with Crippen molar-refractivity contribution in [2.24, 2.45) is 7.05 Å². The van der Waals surface area contributed by atoms with Gasteiger partial charge in [0.05, 0.1) is 12.8 Å². The molecule has 0 spiro atoms. The van der Waals surface area contributed by atoms with Crippen molar-refractivity contribution < 1.29 is 27.4 Å². The molecule has 1 aromatic carbocycles. The minimum Gasteiger partial charge on any atom is -0.488 e. The van der Waals surface area contributed by atoms with E-state index in [0.29, 0.717) is 29.7 Å². The largest absolute Gasteiger partial charge is 0.488 e. The quantitative estimate of drug-likeness (QED) is 0.517. The highest BCUT2D eigenvalue weighted by atomic mass is 32.2. The number of ether oxygens (including phenoxy) is 3. The molecule has 2 heterocycles. The zero-order valence-electron chi connectivity index (χ0n) is 18.1. The van der Waals surface area contributed by atoms with Crippen LogP contribution in [0.5, 0.6) is 17.2 Å². The van der Waals surface area contributed by atoms with Crippen LogP contribution in [-0.4, -0.2) is 55.2 Å². The summed E-state index contributed by atoms with van der Waals surface area (Å²) in [5.74, 6) is 1.02. The molecule has 3 rings (SSSR count). The summed E-state index contributed by atoms with van der Waals surface area (Å²) in [6.07, 6.45) is 3.82. The Morgan fingerprint density at radius 3 is 2.50 bits per heavy atom. The predicted octanol–water partition coefficient (Wildman–Crippen LogP) is 2.68. The van der Waals surface area contributed by atoms with Gasteiger partial charge < -0.3 is 19.5 Å². The van der Waals surface area contributed by atoms with Gasteiger partial charge in [-0.1, -0.05) is 0 Å². The van der Waals surface area contributed by atoms with Crippen LogP contribution in [0.25, 0.3) is 0 Å². The number of hydrogen-bond donors (Lipinski definition) is 1. The van der Waals surface area contributed by atoms with Crippen LogP contribution in [0.2, 0.25) is 0 Å². The molecule has 11 heteroatoms. The number of sulfone groups is 1. The number of pyridine rings is 1. The van der Waals surface area contributed by atoms with Gasteiger partial charge in [0.2, 0.25) is 0 Å². The van der Waals surface area contributed by atoms with Gasteiger partial charge in [-0.3, -0.25) is 9.48 Å². The molecule has 1 amide bonds. The third-order valence-electron chi connectivity index (χ3n) is 4.16. The molecule has 1 unspecified atom stereocenters. The van der Waals surface area contributed by atoms with Crippen LogP contribution in [0.15, 0.2) is 53.8 Å². The van der Waals surface area contributed by atoms with E-state index in [1.165, 1.54) is 24.4 Å². The fraction of sp³-hybridized carbons (Fsp3) is 0.286. The Labute approximate surface area is 186 Å². The molecule has 0 saturated carbocycles. The van der Waals surface area contributed by atoms with E-state index in [2.05, 4.69) is 15.4 Å². The Morgan fingerprint density at radius 2 is 1.91 bits per heavy atom. The summed E-state index contributed by atoms with van der Waals surface area (Å²) in [6, 6.07) is 9.25. The average molecular weight is 461 g/mol. The van der Waals surface area contributed by atoms with Crippen LogP contribution in [0.4, 0.5) is 5.82 Å². The maximum absolute atomic E-state index is 12.8. The van der Waals surface area contributed by atoms with Gasteiger partial charge in [0.1, 0.15) is 23.4 Å². The van der Waals surface area contributed by atoms with Crippen molar-refractivity contribution in [3.05, 3.63) is 54.4 Å². The minimum atomic E-state index is -3.42. The first-order valence-corrected chi connectivity index (χ1v) is 11.5. The summed E-state index contributed by atoms with van der Waals surface area (Å²) >= 11 is 0. The molecule has 32 heavy (non-hydrogen) atoms. The molecular weight excluding hydrogens is 436 g/mol. The SMILES string of the molecule is COCC(C)Oc1cc(Oc2ccc(S(C)(=O)=O)nc2)cc(C(=O)Nc2ccn(C)n2)c1. The van der Waals surface area contributed by atoms with E-state index < -0.39 is 15.7 Å². The first-order valence-electron chi connectivity index (χ1n) is 9.59. The van der Waals surface area contributed by atoms with Crippen LogP contribution < -0.4 is 14.8 Å². The Balaban J connectivity index is 1.87. The van der Waals surface area contributed by atoms with Crippen molar-refractivity contribution in [3.63, 3.8) is 0 Å². The van der Waals surface area contributed by atoms with Crippen molar-refractivity contribution in [2.75, 3.05) is 25.3 Å². The van der Waals surface area contributed by atoms with Crippen LogP contribution >= 0.6 is 0 Å². The summed E-state index contributed by atoms with van der Waals surface area (Å²) < 4.78 is 41.5. The number of carbonyl (C=O) groups excluding carboxylic acids is 1. The lowest BCUT2D eigenvalue weighted by Crippen LogP contribution is -2.18. The monoisotopic (exact) mass is 460 g/mol. The molecule has 0 radical (unpaired) electrons. The van der Waals surface area contributed by atoms with Gasteiger partial charge in [0.15, 0.2) is 20.7 Å². The highest BCUT2D eigenvalue weighted by molar-refractivity contribution is 7.90. The molecular formula is C21H24N4O6S. The highest BCUT2D eigenvalue weighted by Crippen LogP contribution is 2.29. The Kier molecular flexibility index (Phi) is 7.11.